The standard InChI is InChI=1S/C11H16O2/c1-2-10(12)6-3-4-7-11-8-5-9-13-11/h5,8-9H,2-4,6-7H2,1H3. The van der Waals surface area contributed by atoms with E-state index >= 15 is 0 Å². The first-order valence-electron chi connectivity index (χ1n) is 4.87. The lowest BCUT2D eigenvalue weighted by Gasteiger charge is -1.97. The Morgan fingerprint density at radius 3 is 2.92 bits per heavy atom. The van der Waals surface area contributed by atoms with E-state index in [9.17, 15) is 4.79 Å². The average molecular weight is 180 g/mol. The van der Waals surface area contributed by atoms with Crippen LogP contribution in [0.5, 0.6) is 0 Å². The highest BCUT2D eigenvalue weighted by molar-refractivity contribution is 5.77. The van der Waals surface area contributed by atoms with Crippen LogP contribution < -0.4 is 0 Å². The summed E-state index contributed by atoms with van der Waals surface area (Å²) in [5.41, 5.74) is 0. The predicted molar refractivity (Wildman–Crippen MR) is 51.6 cm³/mol. The van der Waals surface area contributed by atoms with Crippen LogP contribution in [0, 0.1) is 0 Å². The van der Waals surface area contributed by atoms with Crippen LogP contribution in [0.4, 0.5) is 0 Å². The van der Waals surface area contributed by atoms with Crippen molar-refractivity contribution in [3.05, 3.63) is 24.2 Å². The number of aryl methyl sites for hydroxylation is 1. The molecule has 1 aromatic heterocycles. The van der Waals surface area contributed by atoms with Crippen molar-refractivity contribution >= 4 is 5.78 Å². The average Bonchev–Trinajstić information content (AvgIpc) is 2.64. The monoisotopic (exact) mass is 180 g/mol. The SMILES string of the molecule is CCC(=O)CCCCc1ccco1. The molecule has 0 amide bonds. The number of carbonyl (C=O) groups excluding carboxylic acids is 1. The van der Waals surface area contributed by atoms with Gasteiger partial charge in [-0.15, -0.1) is 0 Å². The quantitative estimate of drug-likeness (QED) is 0.630. The Balaban J connectivity index is 2.05. The van der Waals surface area contributed by atoms with Crippen molar-refractivity contribution in [3.63, 3.8) is 0 Å². The zero-order valence-electron chi connectivity index (χ0n) is 8.08. The van der Waals surface area contributed by atoms with Gasteiger partial charge in [-0.3, -0.25) is 4.79 Å². The molecule has 2 heteroatoms. The Morgan fingerprint density at radius 2 is 2.31 bits per heavy atom. The summed E-state index contributed by atoms with van der Waals surface area (Å²) in [6.07, 6.45) is 6.04. The minimum absolute atomic E-state index is 0.361. The number of carbonyl (C=O) groups is 1. The third-order valence-electron chi connectivity index (χ3n) is 2.10. The summed E-state index contributed by atoms with van der Waals surface area (Å²) in [5.74, 6) is 1.38. The van der Waals surface area contributed by atoms with Gasteiger partial charge in [0, 0.05) is 19.3 Å². The van der Waals surface area contributed by atoms with Gasteiger partial charge in [0.25, 0.3) is 0 Å². The van der Waals surface area contributed by atoms with E-state index in [2.05, 4.69) is 0 Å². The van der Waals surface area contributed by atoms with E-state index in [4.69, 9.17) is 4.42 Å². The van der Waals surface area contributed by atoms with E-state index in [0.717, 1.165) is 31.4 Å². The van der Waals surface area contributed by atoms with E-state index in [1.54, 1.807) is 6.26 Å². The van der Waals surface area contributed by atoms with Crippen LogP contribution in [-0.4, -0.2) is 5.78 Å². The molecular weight excluding hydrogens is 164 g/mol. The molecule has 0 radical (unpaired) electrons. The summed E-state index contributed by atoms with van der Waals surface area (Å²) in [5, 5.41) is 0. The van der Waals surface area contributed by atoms with Crippen molar-refractivity contribution < 1.29 is 9.21 Å². The molecule has 0 aromatic carbocycles. The van der Waals surface area contributed by atoms with Crippen LogP contribution in [0.25, 0.3) is 0 Å². The first-order chi connectivity index (χ1) is 6.33. The van der Waals surface area contributed by atoms with E-state index in [1.165, 1.54) is 0 Å². The first kappa shape index (κ1) is 10.0. The minimum Gasteiger partial charge on any atom is -0.469 e. The molecule has 0 N–H and O–H groups in total. The molecule has 1 aromatic rings. The van der Waals surface area contributed by atoms with Gasteiger partial charge in [0.2, 0.25) is 0 Å². The summed E-state index contributed by atoms with van der Waals surface area (Å²) in [4.78, 5) is 10.9. The molecule has 1 rings (SSSR count). The second-order valence-electron chi connectivity index (χ2n) is 3.18. The molecule has 72 valence electrons. The topological polar surface area (TPSA) is 30.2 Å². The van der Waals surface area contributed by atoms with Gasteiger partial charge in [-0.25, -0.2) is 0 Å². The molecule has 2 nitrogen and oxygen atoms in total. The highest BCUT2D eigenvalue weighted by atomic mass is 16.3. The first-order valence-corrected chi connectivity index (χ1v) is 4.87. The number of furan rings is 1. The number of hydrogen-bond acceptors (Lipinski definition) is 2. The third kappa shape index (κ3) is 3.92. The van der Waals surface area contributed by atoms with Crippen molar-refractivity contribution in [2.45, 2.75) is 39.0 Å². The molecule has 0 aliphatic heterocycles. The molecule has 0 unspecified atom stereocenters. The smallest absolute Gasteiger partial charge is 0.132 e. The van der Waals surface area contributed by atoms with Gasteiger partial charge in [-0.05, 0) is 25.0 Å². The van der Waals surface area contributed by atoms with Gasteiger partial charge in [0.1, 0.15) is 11.5 Å². The van der Waals surface area contributed by atoms with Crippen LogP contribution in [0.2, 0.25) is 0 Å². The molecule has 1 heterocycles. The summed E-state index contributed by atoms with van der Waals surface area (Å²) in [7, 11) is 0. The molecule has 13 heavy (non-hydrogen) atoms. The molecule has 0 bridgehead atoms. The molecule has 0 spiro atoms. The lowest BCUT2D eigenvalue weighted by atomic mass is 10.1. The zero-order chi connectivity index (χ0) is 9.52. The Hall–Kier alpha value is -1.05. The summed E-state index contributed by atoms with van der Waals surface area (Å²) < 4.78 is 5.18. The second-order valence-corrected chi connectivity index (χ2v) is 3.18. The highest BCUT2D eigenvalue weighted by Crippen LogP contribution is 2.07. The fraction of sp³-hybridized carbons (Fsp3) is 0.545. The molecule has 0 saturated carbocycles. The number of ketones is 1. The van der Waals surface area contributed by atoms with Gasteiger partial charge in [-0.1, -0.05) is 6.92 Å². The Labute approximate surface area is 78.9 Å². The van der Waals surface area contributed by atoms with Crippen LogP contribution in [0.15, 0.2) is 22.8 Å². The van der Waals surface area contributed by atoms with E-state index in [1.807, 2.05) is 19.1 Å². The fourth-order valence-electron chi connectivity index (χ4n) is 1.25. The largest absolute Gasteiger partial charge is 0.469 e. The van der Waals surface area contributed by atoms with Gasteiger partial charge in [-0.2, -0.15) is 0 Å². The van der Waals surface area contributed by atoms with E-state index < -0.39 is 0 Å². The lowest BCUT2D eigenvalue weighted by Crippen LogP contribution is -1.94. The summed E-state index contributed by atoms with van der Waals surface area (Å²) in [6, 6.07) is 3.87. The predicted octanol–water partition coefficient (Wildman–Crippen LogP) is 2.97. The van der Waals surface area contributed by atoms with Crippen molar-refractivity contribution in [1.29, 1.82) is 0 Å². The number of Topliss-reactive ketones (excluding diaryl/α,β-unsaturated/α-hetero) is 1. The molecular formula is C11H16O2. The molecule has 0 fully saturated rings. The zero-order valence-corrected chi connectivity index (χ0v) is 8.08. The van der Waals surface area contributed by atoms with Crippen LogP contribution in [0.3, 0.4) is 0 Å². The number of hydrogen-bond donors (Lipinski definition) is 0. The normalized spacial score (nSPS) is 10.2. The summed E-state index contributed by atoms with van der Waals surface area (Å²) >= 11 is 0. The van der Waals surface area contributed by atoms with Gasteiger partial charge < -0.3 is 4.42 Å². The van der Waals surface area contributed by atoms with E-state index in [0.29, 0.717) is 12.2 Å². The summed E-state index contributed by atoms with van der Waals surface area (Å²) in [6.45, 7) is 1.91. The van der Waals surface area contributed by atoms with Crippen LogP contribution in [0.1, 0.15) is 38.4 Å². The van der Waals surface area contributed by atoms with Crippen LogP contribution in [-0.2, 0) is 11.2 Å². The molecule has 0 aliphatic rings. The van der Waals surface area contributed by atoms with Gasteiger partial charge in [0.15, 0.2) is 0 Å². The number of rotatable bonds is 6. The molecule has 0 atom stereocenters. The Kier molecular flexibility index (Phi) is 4.30. The van der Waals surface area contributed by atoms with Gasteiger partial charge >= 0.3 is 0 Å². The number of unbranched alkanes of at least 4 members (excludes halogenated alkanes) is 1. The lowest BCUT2D eigenvalue weighted by molar-refractivity contribution is -0.118. The maximum atomic E-state index is 10.9. The van der Waals surface area contributed by atoms with Crippen molar-refractivity contribution in [2.24, 2.45) is 0 Å². The third-order valence-corrected chi connectivity index (χ3v) is 2.10. The van der Waals surface area contributed by atoms with E-state index in [-0.39, 0.29) is 0 Å². The molecule has 0 saturated heterocycles. The van der Waals surface area contributed by atoms with Crippen molar-refractivity contribution in [2.75, 3.05) is 0 Å². The maximum Gasteiger partial charge on any atom is 0.132 e. The maximum absolute atomic E-state index is 10.9. The van der Waals surface area contributed by atoms with Crippen molar-refractivity contribution in [3.8, 4) is 0 Å². The molecule has 0 aliphatic carbocycles. The Bertz CT molecular complexity index is 237. The van der Waals surface area contributed by atoms with Crippen LogP contribution >= 0.6 is 0 Å². The highest BCUT2D eigenvalue weighted by Gasteiger charge is 1.99. The minimum atomic E-state index is 0.361. The van der Waals surface area contributed by atoms with Gasteiger partial charge in [0.05, 0.1) is 6.26 Å². The van der Waals surface area contributed by atoms with Crippen molar-refractivity contribution in [1.82, 2.24) is 0 Å². The Morgan fingerprint density at radius 1 is 1.46 bits per heavy atom. The fourth-order valence-corrected chi connectivity index (χ4v) is 1.25. The second kappa shape index (κ2) is 5.57.